The first-order chi connectivity index (χ1) is 12.6. The Morgan fingerprint density at radius 2 is 1.96 bits per heavy atom. The molecule has 1 fully saturated rings. The van der Waals surface area contributed by atoms with Crippen LogP contribution in [0.4, 0.5) is 4.39 Å². The van der Waals surface area contributed by atoms with Crippen molar-refractivity contribution in [2.24, 2.45) is 0 Å². The van der Waals surface area contributed by atoms with E-state index in [0.717, 1.165) is 19.3 Å². The Kier molecular flexibility index (Phi) is 4.32. The molecule has 1 aliphatic carbocycles. The fraction of sp³-hybridized carbons (Fsp3) is 0.300. The van der Waals surface area contributed by atoms with Gasteiger partial charge in [-0.05, 0) is 42.4 Å². The molecule has 0 saturated heterocycles. The molecule has 1 saturated carbocycles. The number of halogens is 1. The van der Waals surface area contributed by atoms with Crippen molar-refractivity contribution in [1.82, 2.24) is 10.1 Å². The Labute approximate surface area is 150 Å². The molecule has 0 bridgehead atoms. The van der Waals surface area contributed by atoms with Gasteiger partial charge in [0.2, 0.25) is 11.6 Å². The smallest absolute Gasteiger partial charge is 0.213 e. The number of ether oxygens (including phenoxy) is 1. The summed E-state index contributed by atoms with van der Waals surface area (Å²) in [6.45, 7) is 2.15. The monoisotopic (exact) mass is 353 g/mol. The predicted molar refractivity (Wildman–Crippen MR) is 91.3 cm³/mol. The van der Waals surface area contributed by atoms with Gasteiger partial charge in [0.25, 0.3) is 0 Å². The summed E-state index contributed by atoms with van der Waals surface area (Å²) >= 11 is 0. The molecule has 26 heavy (non-hydrogen) atoms. The molecule has 0 N–H and O–H groups in total. The van der Waals surface area contributed by atoms with Gasteiger partial charge in [-0.1, -0.05) is 36.3 Å². The third-order valence-electron chi connectivity index (χ3n) is 4.85. The number of hydrogen-bond acceptors (Lipinski definition) is 5. The fourth-order valence-electron chi connectivity index (χ4n) is 3.16. The molecule has 0 atom stereocenters. The van der Waals surface area contributed by atoms with E-state index in [4.69, 9.17) is 9.26 Å². The van der Waals surface area contributed by atoms with Crippen molar-refractivity contribution in [3.05, 3.63) is 59.5 Å². The normalized spacial score (nSPS) is 19.2. The van der Waals surface area contributed by atoms with E-state index < -0.39 is 11.7 Å². The largest absolute Gasteiger partial charge is 0.854 e. The van der Waals surface area contributed by atoms with Crippen LogP contribution in [0.1, 0.15) is 36.8 Å². The van der Waals surface area contributed by atoms with Gasteiger partial charge in [0.15, 0.2) is 5.82 Å². The van der Waals surface area contributed by atoms with Gasteiger partial charge in [0, 0.05) is 17.8 Å². The van der Waals surface area contributed by atoms with E-state index in [-0.39, 0.29) is 11.9 Å². The lowest BCUT2D eigenvalue weighted by molar-refractivity contribution is -0.281. The maximum Gasteiger partial charge on any atom is 0.213 e. The Bertz CT molecular complexity index is 884. The average molecular weight is 353 g/mol. The van der Waals surface area contributed by atoms with Gasteiger partial charge in [-0.25, -0.2) is 9.37 Å². The summed E-state index contributed by atoms with van der Waals surface area (Å²) < 4.78 is 24.1. The van der Waals surface area contributed by atoms with Crippen LogP contribution < -0.4 is 9.84 Å². The third-order valence-corrected chi connectivity index (χ3v) is 4.85. The zero-order chi connectivity index (χ0) is 18.1. The molecule has 0 radical (unpaired) electrons. The molecular weight excluding hydrogens is 335 g/mol. The minimum absolute atomic E-state index is 0.125. The summed E-state index contributed by atoms with van der Waals surface area (Å²) in [6.07, 6.45) is 4.49. The number of nitrogens with zero attached hydrogens (tertiary/aromatic N) is 2. The number of hydrogen-bond donors (Lipinski definition) is 0. The van der Waals surface area contributed by atoms with Crippen LogP contribution in [0.3, 0.4) is 0 Å². The van der Waals surface area contributed by atoms with E-state index >= 15 is 0 Å². The molecule has 0 aliphatic heterocycles. The van der Waals surface area contributed by atoms with E-state index in [0.29, 0.717) is 17.4 Å². The second kappa shape index (κ2) is 6.78. The van der Waals surface area contributed by atoms with Gasteiger partial charge >= 0.3 is 0 Å². The maximum atomic E-state index is 13.5. The Hall–Kier alpha value is -2.89. The first-order valence-electron chi connectivity index (χ1n) is 8.68. The fourth-order valence-corrected chi connectivity index (χ4v) is 3.16. The quantitative estimate of drug-likeness (QED) is 0.697. The molecule has 2 aromatic heterocycles. The third kappa shape index (κ3) is 3.14. The molecule has 6 heteroatoms. The van der Waals surface area contributed by atoms with Crippen molar-refractivity contribution in [1.29, 1.82) is 0 Å². The van der Waals surface area contributed by atoms with Gasteiger partial charge in [-0.15, -0.1) is 0 Å². The van der Waals surface area contributed by atoms with Crippen molar-refractivity contribution in [2.45, 2.75) is 38.2 Å². The van der Waals surface area contributed by atoms with Crippen LogP contribution in [-0.4, -0.2) is 16.2 Å². The minimum Gasteiger partial charge on any atom is -0.854 e. The molecule has 1 aromatic carbocycles. The second-order valence-corrected chi connectivity index (χ2v) is 6.52. The first kappa shape index (κ1) is 16.6. The summed E-state index contributed by atoms with van der Waals surface area (Å²) in [4.78, 5) is 4.17. The van der Waals surface area contributed by atoms with Crippen molar-refractivity contribution >= 4 is 0 Å². The summed E-state index contributed by atoms with van der Waals surface area (Å²) in [6, 6.07) is 12.0. The van der Waals surface area contributed by atoms with Gasteiger partial charge < -0.3 is 14.4 Å². The number of aryl methyl sites for hydroxylation is 1. The highest BCUT2D eigenvalue weighted by atomic mass is 19.1. The van der Waals surface area contributed by atoms with Crippen molar-refractivity contribution < 1.29 is 18.8 Å². The lowest BCUT2D eigenvalue weighted by Crippen LogP contribution is -2.32. The lowest BCUT2D eigenvalue weighted by atomic mass is 9.77. The van der Waals surface area contributed by atoms with Crippen molar-refractivity contribution in [3.8, 4) is 23.1 Å². The van der Waals surface area contributed by atoms with E-state index in [2.05, 4.69) is 41.3 Å². The van der Waals surface area contributed by atoms with Crippen LogP contribution in [0.15, 0.2) is 47.1 Å². The van der Waals surface area contributed by atoms with Gasteiger partial charge in [-0.3, -0.25) is 0 Å². The Morgan fingerprint density at radius 3 is 2.54 bits per heavy atom. The summed E-state index contributed by atoms with van der Waals surface area (Å²) in [7, 11) is 0. The van der Waals surface area contributed by atoms with Gasteiger partial charge in [-0.2, -0.15) is 0 Å². The van der Waals surface area contributed by atoms with Crippen LogP contribution >= 0.6 is 0 Å². The van der Waals surface area contributed by atoms with Crippen molar-refractivity contribution in [3.63, 3.8) is 0 Å². The topological polar surface area (TPSA) is 71.2 Å². The van der Waals surface area contributed by atoms with Gasteiger partial charge in [0.05, 0.1) is 5.88 Å². The SMILES string of the molecule is CCc1ccc(C2CC(Oc3ccc(-c4onc([O-])c4F)cn3)C2)cc1. The van der Waals surface area contributed by atoms with Crippen LogP contribution in [0, 0.1) is 5.82 Å². The molecule has 5 nitrogen and oxygen atoms in total. The Morgan fingerprint density at radius 1 is 1.19 bits per heavy atom. The standard InChI is InChI=1S/C20H19FN2O3/c1-2-12-3-5-13(6-4-12)15-9-16(10-15)25-17-8-7-14(11-22-17)19-18(21)20(24)23-26-19/h3-8,11,15-16H,2,9-10H2,1H3,(H,23,24)/p-1. The lowest BCUT2D eigenvalue weighted by Gasteiger charge is -2.35. The minimum atomic E-state index is -1.01. The number of aromatic nitrogens is 2. The maximum absolute atomic E-state index is 13.5. The van der Waals surface area contributed by atoms with E-state index in [1.165, 1.54) is 17.3 Å². The summed E-state index contributed by atoms with van der Waals surface area (Å²) in [5.41, 5.74) is 3.05. The van der Waals surface area contributed by atoms with E-state index in [1.807, 2.05) is 0 Å². The summed E-state index contributed by atoms with van der Waals surface area (Å²) in [5.74, 6) is -1.22. The highest BCUT2D eigenvalue weighted by Gasteiger charge is 2.32. The second-order valence-electron chi connectivity index (χ2n) is 6.52. The highest BCUT2D eigenvalue weighted by molar-refractivity contribution is 5.57. The number of pyridine rings is 1. The molecule has 0 unspecified atom stereocenters. The molecule has 4 rings (SSSR count). The predicted octanol–water partition coefficient (Wildman–Crippen LogP) is 3.84. The van der Waals surface area contributed by atoms with Crippen LogP contribution in [0.25, 0.3) is 11.3 Å². The molecule has 0 spiro atoms. The average Bonchev–Trinajstić information content (AvgIpc) is 2.98. The highest BCUT2D eigenvalue weighted by Crippen LogP contribution is 2.39. The van der Waals surface area contributed by atoms with E-state index in [1.54, 1.807) is 12.1 Å². The Balaban J connectivity index is 1.35. The molecule has 1 aliphatic rings. The van der Waals surface area contributed by atoms with Gasteiger partial charge in [0.1, 0.15) is 6.10 Å². The zero-order valence-corrected chi connectivity index (χ0v) is 14.3. The van der Waals surface area contributed by atoms with Crippen molar-refractivity contribution in [2.75, 3.05) is 0 Å². The summed E-state index contributed by atoms with van der Waals surface area (Å²) in [5, 5.41) is 14.1. The number of rotatable bonds is 5. The zero-order valence-electron chi connectivity index (χ0n) is 14.3. The number of benzene rings is 1. The van der Waals surface area contributed by atoms with E-state index in [9.17, 15) is 9.50 Å². The van der Waals surface area contributed by atoms with Crippen LogP contribution in [0.5, 0.6) is 11.8 Å². The first-order valence-corrected chi connectivity index (χ1v) is 8.68. The molecule has 0 amide bonds. The molecular formula is C20H18FN2O3-. The van der Waals surface area contributed by atoms with Crippen LogP contribution in [-0.2, 0) is 6.42 Å². The molecule has 134 valence electrons. The molecule has 2 heterocycles. The van der Waals surface area contributed by atoms with Crippen LogP contribution in [0.2, 0.25) is 0 Å². The molecule has 3 aromatic rings.